The molecule has 0 saturated heterocycles. The van der Waals surface area contributed by atoms with E-state index in [1.165, 1.54) is 0 Å². The third-order valence-corrected chi connectivity index (χ3v) is 5.56. The molecule has 1 N–H and O–H groups in total. The van der Waals surface area contributed by atoms with Crippen molar-refractivity contribution in [3.8, 4) is 16.9 Å². The number of fused-ring (bicyclic) bond motifs is 1. The Balaban J connectivity index is 1.40. The molecule has 1 aliphatic heterocycles. The van der Waals surface area contributed by atoms with Crippen molar-refractivity contribution in [2.45, 2.75) is 32.8 Å². The van der Waals surface area contributed by atoms with E-state index in [9.17, 15) is 9.59 Å². The van der Waals surface area contributed by atoms with Crippen molar-refractivity contribution in [3.63, 3.8) is 0 Å². The van der Waals surface area contributed by atoms with Crippen LogP contribution in [0.5, 0.6) is 5.75 Å². The summed E-state index contributed by atoms with van der Waals surface area (Å²) in [7, 11) is 0. The number of benzene rings is 3. The van der Waals surface area contributed by atoms with Gasteiger partial charge in [-0.05, 0) is 53.8 Å². The third-order valence-electron chi connectivity index (χ3n) is 5.56. The molecule has 4 heteroatoms. The standard InChI is InChI=1S/C26H25NO3/c1-17-7-3-4-8-19(17)15-26(29)27-16-22-14-21-13-20(11-12-25(21)30-22)24-10-6-5-9-23(24)18(2)28/h3-13,22H,14-16H2,1-2H3,(H,27,29)/t22-/m0/s1. The van der Waals surface area contributed by atoms with Gasteiger partial charge >= 0.3 is 0 Å². The molecule has 1 atom stereocenters. The van der Waals surface area contributed by atoms with E-state index in [0.29, 0.717) is 13.0 Å². The van der Waals surface area contributed by atoms with Crippen LogP contribution in [0.15, 0.2) is 66.7 Å². The molecule has 0 saturated carbocycles. The van der Waals surface area contributed by atoms with Gasteiger partial charge in [0.2, 0.25) is 5.91 Å². The molecule has 1 aliphatic rings. The Morgan fingerprint density at radius 2 is 1.80 bits per heavy atom. The van der Waals surface area contributed by atoms with Gasteiger partial charge in [-0.2, -0.15) is 0 Å². The molecule has 0 spiro atoms. The van der Waals surface area contributed by atoms with E-state index in [0.717, 1.165) is 45.6 Å². The van der Waals surface area contributed by atoms with Crippen molar-refractivity contribution >= 4 is 11.7 Å². The van der Waals surface area contributed by atoms with Gasteiger partial charge in [0.05, 0.1) is 13.0 Å². The van der Waals surface area contributed by atoms with Crippen LogP contribution in [-0.2, 0) is 17.6 Å². The number of ether oxygens (including phenoxy) is 1. The Bertz CT molecular complexity index is 1100. The van der Waals surface area contributed by atoms with Gasteiger partial charge in [0.15, 0.2) is 5.78 Å². The number of aryl methyl sites for hydroxylation is 1. The fourth-order valence-corrected chi connectivity index (χ4v) is 3.92. The predicted octanol–water partition coefficient (Wildman–Crippen LogP) is 4.53. The smallest absolute Gasteiger partial charge is 0.224 e. The van der Waals surface area contributed by atoms with Crippen LogP contribution in [0.4, 0.5) is 0 Å². The van der Waals surface area contributed by atoms with Gasteiger partial charge in [-0.25, -0.2) is 0 Å². The number of nitrogens with one attached hydrogen (secondary N) is 1. The van der Waals surface area contributed by atoms with Gasteiger partial charge in [-0.15, -0.1) is 0 Å². The van der Waals surface area contributed by atoms with Crippen LogP contribution in [0.3, 0.4) is 0 Å². The molecule has 152 valence electrons. The summed E-state index contributed by atoms with van der Waals surface area (Å²) in [5.41, 5.74) is 5.92. The van der Waals surface area contributed by atoms with Gasteiger partial charge < -0.3 is 10.1 Å². The average molecular weight is 399 g/mol. The molecule has 0 aliphatic carbocycles. The third kappa shape index (κ3) is 4.28. The lowest BCUT2D eigenvalue weighted by Gasteiger charge is -2.12. The monoisotopic (exact) mass is 399 g/mol. The number of ketones is 1. The second-order valence-corrected chi connectivity index (χ2v) is 7.78. The quantitative estimate of drug-likeness (QED) is 0.620. The van der Waals surface area contributed by atoms with E-state index in [4.69, 9.17) is 4.74 Å². The van der Waals surface area contributed by atoms with Crippen molar-refractivity contribution in [2.24, 2.45) is 0 Å². The topological polar surface area (TPSA) is 55.4 Å². The molecule has 0 fully saturated rings. The van der Waals surface area contributed by atoms with Gasteiger partial charge in [0, 0.05) is 12.0 Å². The summed E-state index contributed by atoms with van der Waals surface area (Å²) >= 11 is 0. The van der Waals surface area contributed by atoms with Crippen LogP contribution in [0.25, 0.3) is 11.1 Å². The molecule has 1 heterocycles. The van der Waals surface area contributed by atoms with E-state index in [2.05, 4.69) is 11.4 Å². The molecule has 3 aromatic carbocycles. The van der Waals surface area contributed by atoms with Crippen LogP contribution >= 0.6 is 0 Å². The SMILES string of the molecule is CC(=O)c1ccccc1-c1ccc2c(c1)C[C@@H](CNC(=O)Cc1ccccc1C)O2. The summed E-state index contributed by atoms with van der Waals surface area (Å²) in [6, 6.07) is 21.6. The van der Waals surface area contributed by atoms with Crippen molar-refractivity contribution < 1.29 is 14.3 Å². The molecule has 4 nitrogen and oxygen atoms in total. The normalized spacial score (nSPS) is 14.7. The van der Waals surface area contributed by atoms with Gasteiger partial charge in [0.1, 0.15) is 11.9 Å². The van der Waals surface area contributed by atoms with E-state index in [1.807, 2.05) is 67.6 Å². The second-order valence-electron chi connectivity index (χ2n) is 7.78. The molecule has 0 unspecified atom stereocenters. The Hall–Kier alpha value is -3.40. The van der Waals surface area contributed by atoms with Crippen LogP contribution in [0.1, 0.15) is 34.0 Å². The summed E-state index contributed by atoms with van der Waals surface area (Å²) < 4.78 is 6.02. The first-order valence-corrected chi connectivity index (χ1v) is 10.2. The van der Waals surface area contributed by atoms with Crippen molar-refractivity contribution in [3.05, 3.63) is 89.0 Å². The van der Waals surface area contributed by atoms with Gasteiger partial charge in [-0.3, -0.25) is 9.59 Å². The lowest BCUT2D eigenvalue weighted by molar-refractivity contribution is -0.120. The zero-order valence-corrected chi connectivity index (χ0v) is 17.3. The van der Waals surface area contributed by atoms with Gasteiger partial charge in [0.25, 0.3) is 0 Å². The van der Waals surface area contributed by atoms with Crippen molar-refractivity contribution in [2.75, 3.05) is 6.54 Å². The highest BCUT2D eigenvalue weighted by Gasteiger charge is 2.24. The van der Waals surface area contributed by atoms with Crippen LogP contribution in [0, 0.1) is 6.92 Å². The molecule has 0 aromatic heterocycles. The molecule has 3 aromatic rings. The van der Waals surface area contributed by atoms with Crippen LogP contribution < -0.4 is 10.1 Å². The number of Topliss-reactive ketones (excluding diaryl/α,β-unsaturated/α-hetero) is 1. The maximum atomic E-state index is 12.3. The lowest BCUT2D eigenvalue weighted by Crippen LogP contribution is -2.35. The molecule has 0 bridgehead atoms. The Morgan fingerprint density at radius 3 is 2.60 bits per heavy atom. The minimum Gasteiger partial charge on any atom is -0.488 e. The van der Waals surface area contributed by atoms with Crippen molar-refractivity contribution in [1.82, 2.24) is 5.32 Å². The number of hydrogen-bond donors (Lipinski definition) is 1. The zero-order valence-electron chi connectivity index (χ0n) is 17.3. The minimum absolute atomic E-state index is 0.0000642. The number of amides is 1. The van der Waals surface area contributed by atoms with Gasteiger partial charge in [-0.1, -0.05) is 54.6 Å². The fourth-order valence-electron chi connectivity index (χ4n) is 3.92. The highest BCUT2D eigenvalue weighted by molar-refractivity contribution is 6.00. The van der Waals surface area contributed by atoms with Crippen LogP contribution in [0.2, 0.25) is 0 Å². The molecule has 0 radical (unpaired) electrons. The maximum absolute atomic E-state index is 12.3. The molecule has 30 heavy (non-hydrogen) atoms. The lowest BCUT2D eigenvalue weighted by atomic mass is 9.95. The Morgan fingerprint density at radius 1 is 1.03 bits per heavy atom. The van der Waals surface area contributed by atoms with Crippen molar-refractivity contribution in [1.29, 1.82) is 0 Å². The summed E-state index contributed by atoms with van der Waals surface area (Å²) in [6.07, 6.45) is 1.02. The fraction of sp³-hybridized carbons (Fsp3) is 0.231. The molecule has 4 rings (SSSR count). The minimum atomic E-state index is -0.0841. The molecular formula is C26H25NO3. The predicted molar refractivity (Wildman–Crippen MR) is 118 cm³/mol. The zero-order chi connectivity index (χ0) is 21.1. The summed E-state index contributed by atoms with van der Waals surface area (Å²) in [6.45, 7) is 4.07. The molecule has 1 amide bonds. The first-order chi connectivity index (χ1) is 14.5. The highest BCUT2D eigenvalue weighted by Crippen LogP contribution is 2.34. The number of rotatable bonds is 6. The Kier molecular flexibility index (Phi) is 5.66. The maximum Gasteiger partial charge on any atom is 0.224 e. The summed E-state index contributed by atoms with van der Waals surface area (Å²) in [4.78, 5) is 24.3. The molecular weight excluding hydrogens is 374 g/mol. The summed E-state index contributed by atoms with van der Waals surface area (Å²) in [5.74, 6) is 0.897. The van der Waals surface area contributed by atoms with Crippen LogP contribution in [-0.4, -0.2) is 24.3 Å². The second kappa shape index (κ2) is 8.54. The highest BCUT2D eigenvalue weighted by atomic mass is 16.5. The average Bonchev–Trinajstić information content (AvgIpc) is 3.16. The van der Waals surface area contributed by atoms with E-state index in [-0.39, 0.29) is 17.8 Å². The number of carbonyl (C=O) groups is 2. The first-order valence-electron chi connectivity index (χ1n) is 10.2. The Labute approximate surface area is 176 Å². The number of carbonyl (C=O) groups excluding carboxylic acids is 2. The van der Waals surface area contributed by atoms with E-state index in [1.54, 1.807) is 6.92 Å². The summed E-state index contributed by atoms with van der Waals surface area (Å²) in [5, 5.41) is 3.00. The van der Waals surface area contributed by atoms with E-state index < -0.39 is 0 Å². The largest absolute Gasteiger partial charge is 0.488 e. The first kappa shape index (κ1) is 19.9. The van der Waals surface area contributed by atoms with E-state index >= 15 is 0 Å². The number of hydrogen-bond acceptors (Lipinski definition) is 3.